The number of amides is 1. The topological polar surface area (TPSA) is 92.9 Å². The van der Waals surface area contributed by atoms with E-state index in [-0.39, 0.29) is 17.5 Å². The quantitative estimate of drug-likeness (QED) is 0.597. The molecule has 0 bridgehead atoms. The maximum absolute atomic E-state index is 13.5. The number of aliphatic hydroxyl groups excluding tert-OH is 1. The zero-order valence-electron chi connectivity index (χ0n) is 16.9. The van der Waals surface area contributed by atoms with Crippen molar-refractivity contribution in [3.05, 3.63) is 58.6 Å². The van der Waals surface area contributed by atoms with Gasteiger partial charge in [0, 0.05) is 23.6 Å². The summed E-state index contributed by atoms with van der Waals surface area (Å²) in [5.74, 6) is 0.172. The van der Waals surface area contributed by atoms with Crippen molar-refractivity contribution in [1.29, 1.82) is 0 Å². The Morgan fingerprint density at radius 1 is 1.23 bits per heavy atom. The molecule has 0 saturated heterocycles. The average molecular weight is 432 g/mol. The standard InChI is InChI=1S/C21H23ClFN5O2/c1-12(2)6-20-25-26-27-28(20)17-8-14(18-5-4-16(23)10-19(18)22)7-15(9-17)21(30)24-13(3)11-29/h4-5,7-10,12-13,29H,6,11H2,1-3H3,(H,24,30)/t13-/m0/s1. The highest BCUT2D eigenvalue weighted by atomic mass is 35.5. The van der Waals surface area contributed by atoms with Crippen molar-refractivity contribution >= 4 is 17.5 Å². The van der Waals surface area contributed by atoms with E-state index < -0.39 is 11.9 Å². The molecule has 3 rings (SSSR count). The van der Waals surface area contributed by atoms with Crippen LogP contribution in [0.4, 0.5) is 4.39 Å². The molecule has 0 unspecified atom stereocenters. The third-order valence-corrected chi connectivity index (χ3v) is 4.76. The fourth-order valence-electron chi connectivity index (χ4n) is 3.00. The number of nitrogens with zero attached hydrogens (tertiary/aromatic N) is 4. The molecule has 0 fully saturated rings. The number of tetrazole rings is 1. The van der Waals surface area contributed by atoms with Gasteiger partial charge in [-0.2, -0.15) is 4.68 Å². The van der Waals surface area contributed by atoms with E-state index in [9.17, 15) is 14.3 Å². The van der Waals surface area contributed by atoms with E-state index in [1.807, 2.05) is 0 Å². The SMILES string of the molecule is CC(C)Cc1nnnn1-c1cc(C(=O)N[C@@H](C)CO)cc(-c2ccc(F)cc2Cl)c1. The van der Waals surface area contributed by atoms with Crippen molar-refractivity contribution in [3.8, 4) is 16.8 Å². The summed E-state index contributed by atoms with van der Waals surface area (Å²) in [6.07, 6.45) is 0.650. The van der Waals surface area contributed by atoms with Crippen LogP contribution in [0.2, 0.25) is 5.02 Å². The Balaban J connectivity index is 2.14. The molecule has 9 heteroatoms. The zero-order chi connectivity index (χ0) is 21.8. The molecule has 0 radical (unpaired) electrons. The summed E-state index contributed by atoms with van der Waals surface area (Å²) in [5.41, 5.74) is 2.11. The molecule has 0 aliphatic carbocycles. The Morgan fingerprint density at radius 2 is 2.00 bits per heavy atom. The van der Waals surface area contributed by atoms with Crippen LogP contribution in [0.1, 0.15) is 37.0 Å². The number of benzene rings is 2. The summed E-state index contributed by atoms with van der Waals surface area (Å²) in [4.78, 5) is 12.7. The summed E-state index contributed by atoms with van der Waals surface area (Å²) in [7, 11) is 0. The molecule has 7 nitrogen and oxygen atoms in total. The van der Waals surface area contributed by atoms with Crippen LogP contribution in [-0.4, -0.2) is 43.9 Å². The second-order valence-corrected chi connectivity index (χ2v) is 7.96. The second kappa shape index (κ2) is 9.32. The fourth-order valence-corrected chi connectivity index (χ4v) is 3.27. The summed E-state index contributed by atoms with van der Waals surface area (Å²) in [5, 5.41) is 24.1. The van der Waals surface area contributed by atoms with Gasteiger partial charge in [0.2, 0.25) is 0 Å². The van der Waals surface area contributed by atoms with Crippen LogP contribution >= 0.6 is 11.6 Å². The number of nitrogens with one attached hydrogen (secondary N) is 1. The Kier molecular flexibility index (Phi) is 6.79. The summed E-state index contributed by atoms with van der Waals surface area (Å²) < 4.78 is 15.1. The average Bonchev–Trinajstić information content (AvgIpc) is 3.14. The summed E-state index contributed by atoms with van der Waals surface area (Å²) >= 11 is 6.26. The van der Waals surface area contributed by atoms with Crippen molar-refractivity contribution < 1.29 is 14.3 Å². The normalized spacial score (nSPS) is 12.2. The van der Waals surface area contributed by atoms with Gasteiger partial charge in [-0.3, -0.25) is 4.79 Å². The maximum Gasteiger partial charge on any atom is 0.251 e. The first-order chi connectivity index (χ1) is 14.3. The minimum Gasteiger partial charge on any atom is -0.394 e. The molecular weight excluding hydrogens is 409 g/mol. The Morgan fingerprint density at radius 3 is 2.67 bits per heavy atom. The van der Waals surface area contributed by atoms with Crippen LogP contribution in [0.25, 0.3) is 16.8 Å². The van der Waals surface area contributed by atoms with Crippen molar-refractivity contribution in [2.45, 2.75) is 33.2 Å². The van der Waals surface area contributed by atoms with Gasteiger partial charge in [0.15, 0.2) is 5.82 Å². The van der Waals surface area contributed by atoms with E-state index in [0.717, 1.165) is 0 Å². The van der Waals surface area contributed by atoms with Crippen molar-refractivity contribution in [2.24, 2.45) is 5.92 Å². The molecule has 0 spiro atoms. The first-order valence-electron chi connectivity index (χ1n) is 9.58. The number of carbonyl (C=O) groups is 1. The third-order valence-electron chi connectivity index (χ3n) is 4.44. The number of rotatable bonds is 7. The zero-order valence-corrected chi connectivity index (χ0v) is 17.7. The van der Waals surface area contributed by atoms with E-state index >= 15 is 0 Å². The van der Waals surface area contributed by atoms with Crippen LogP contribution in [0.5, 0.6) is 0 Å². The number of carbonyl (C=O) groups excluding carboxylic acids is 1. The van der Waals surface area contributed by atoms with Crippen LogP contribution in [-0.2, 0) is 6.42 Å². The van der Waals surface area contributed by atoms with E-state index in [1.165, 1.54) is 12.1 Å². The van der Waals surface area contributed by atoms with Crippen molar-refractivity contribution in [3.63, 3.8) is 0 Å². The first kappa shape index (κ1) is 21.9. The van der Waals surface area contributed by atoms with Gasteiger partial charge < -0.3 is 10.4 Å². The predicted molar refractivity (Wildman–Crippen MR) is 112 cm³/mol. The summed E-state index contributed by atoms with van der Waals surface area (Å²) in [6, 6.07) is 8.80. The number of hydrogen-bond donors (Lipinski definition) is 2. The minimum absolute atomic E-state index is 0.187. The molecule has 2 aromatic carbocycles. The molecule has 0 saturated carbocycles. The van der Waals surface area contributed by atoms with Gasteiger partial charge in [-0.05, 0) is 65.2 Å². The largest absolute Gasteiger partial charge is 0.394 e. The van der Waals surface area contributed by atoms with Crippen LogP contribution in [0.3, 0.4) is 0 Å². The smallest absolute Gasteiger partial charge is 0.251 e. The molecule has 158 valence electrons. The molecule has 30 heavy (non-hydrogen) atoms. The van der Waals surface area contributed by atoms with Crippen molar-refractivity contribution in [1.82, 2.24) is 25.5 Å². The van der Waals surface area contributed by atoms with Crippen LogP contribution < -0.4 is 5.32 Å². The molecule has 3 aromatic rings. The van der Waals surface area contributed by atoms with Gasteiger partial charge in [0.05, 0.1) is 17.3 Å². The highest BCUT2D eigenvalue weighted by Crippen LogP contribution is 2.31. The maximum atomic E-state index is 13.5. The van der Waals surface area contributed by atoms with Gasteiger partial charge in [-0.1, -0.05) is 25.4 Å². The lowest BCUT2D eigenvalue weighted by molar-refractivity contribution is 0.0922. The summed E-state index contributed by atoms with van der Waals surface area (Å²) in [6.45, 7) is 5.63. The number of aliphatic hydroxyl groups is 1. The van der Waals surface area contributed by atoms with Gasteiger partial charge in [0.1, 0.15) is 5.82 Å². The number of halogens is 2. The number of hydrogen-bond acceptors (Lipinski definition) is 5. The lowest BCUT2D eigenvalue weighted by Gasteiger charge is -2.15. The third kappa shape index (κ3) is 5.01. The molecule has 2 N–H and O–H groups in total. The molecule has 1 atom stereocenters. The van der Waals surface area contributed by atoms with E-state index in [2.05, 4.69) is 34.7 Å². The van der Waals surface area contributed by atoms with Crippen LogP contribution in [0.15, 0.2) is 36.4 Å². The molecule has 0 aliphatic rings. The molecule has 1 aromatic heterocycles. The Hall–Kier alpha value is -2.84. The van der Waals surface area contributed by atoms with Crippen molar-refractivity contribution in [2.75, 3.05) is 6.61 Å². The highest BCUT2D eigenvalue weighted by molar-refractivity contribution is 6.33. The lowest BCUT2D eigenvalue weighted by Crippen LogP contribution is -2.35. The lowest BCUT2D eigenvalue weighted by atomic mass is 10.0. The monoisotopic (exact) mass is 431 g/mol. The Labute approximate surface area is 178 Å². The Bertz CT molecular complexity index is 1050. The fraction of sp³-hybridized carbons (Fsp3) is 0.333. The molecule has 0 aliphatic heterocycles. The molecule has 1 heterocycles. The van der Waals surface area contributed by atoms with Gasteiger partial charge in [0.25, 0.3) is 5.91 Å². The number of aromatic nitrogens is 4. The second-order valence-electron chi connectivity index (χ2n) is 7.55. The molecule has 1 amide bonds. The minimum atomic E-state index is -0.450. The highest BCUT2D eigenvalue weighted by Gasteiger charge is 2.17. The van der Waals surface area contributed by atoms with E-state index in [0.29, 0.717) is 40.5 Å². The van der Waals surface area contributed by atoms with Gasteiger partial charge in [-0.25, -0.2) is 4.39 Å². The van der Waals surface area contributed by atoms with Gasteiger partial charge in [-0.15, -0.1) is 5.10 Å². The molecular formula is C21H23ClFN5O2. The first-order valence-corrected chi connectivity index (χ1v) is 9.96. The predicted octanol–water partition coefficient (Wildman–Crippen LogP) is 3.43. The van der Waals surface area contributed by atoms with E-state index in [1.54, 1.807) is 35.9 Å². The van der Waals surface area contributed by atoms with E-state index in [4.69, 9.17) is 11.6 Å². The van der Waals surface area contributed by atoms with Gasteiger partial charge >= 0.3 is 0 Å². The van der Waals surface area contributed by atoms with Crippen LogP contribution in [0, 0.1) is 11.7 Å².